The number of hydrogen-bond acceptors (Lipinski definition) is 2. The fourth-order valence-electron chi connectivity index (χ4n) is 0.888. The Balaban J connectivity index is 2.97. The van der Waals surface area contributed by atoms with Crippen LogP contribution in [0, 0.1) is 0 Å². The van der Waals surface area contributed by atoms with Gasteiger partial charge in [-0.25, -0.2) is 0 Å². The molecule has 0 radical (unpaired) electrons. The molecular formula is C8H7BF3O2-. The number of phenolic OH excluding ortho intramolecular Hbond substituents is 2. The van der Waals surface area contributed by atoms with Crippen LogP contribution in [0.15, 0.2) is 24.2 Å². The van der Waals surface area contributed by atoms with Crippen LogP contribution in [-0.2, 0) is 0 Å². The van der Waals surface area contributed by atoms with Gasteiger partial charge in [-0.05, 0) is 18.2 Å². The summed E-state index contributed by atoms with van der Waals surface area (Å²) in [5, 5.41) is 18.1. The molecule has 2 nitrogen and oxygen atoms in total. The second-order valence-corrected chi connectivity index (χ2v) is 2.73. The Morgan fingerprint density at radius 1 is 1.14 bits per heavy atom. The van der Waals surface area contributed by atoms with Crippen molar-refractivity contribution in [2.75, 3.05) is 0 Å². The van der Waals surface area contributed by atoms with E-state index in [2.05, 4.69) is 0 Å². The van der Waals surface area contributed by atoms with Crippen LogP contribution < -0.4 is 0 Å². The molecule has 0 aromatic heterocycles. The molecule has 0 spiro atoms. The van der Waals surface area contributed by atoms with E-state index in [1.54, 1.807) is 0 Å². The molecule has 2 N–H and O–H groups in total. The van der Waals surface area contributed by atoms with Gasteiger partial charge < -0.3 is 23.2 Å². The highest BCUT2D eigenvalue weighted by molar-refractivity contribution is 6.64. The van der Waals surface area contributed by atoms with E-state index in [1.165, 1.54) is 6.07 Å². The zero-order valence-electron chi connectivity index (χ0n) is 6.99. The van der Waals surface area contributed by atoms with Crippen molar-refractivity contribution in [3.8, 4) is 11.5 Å². The fourth-order valence-corrected chi connectivity index (χ4v) is 0.888. The lowest BCUT2D eigenvalue weighted by atomic mass is 9.90. The van der Waals surface area contributed by atoms with Gasteiger partial charge in [0, 0.05) is 5.56 Å². The molecule has 0 unspecified atom stereocenters. The summed E-state index contributed by atoms with van der Waals surface area (Å²) in [6.45, 7) is -5.03. The first kappa shape index (κ1) is 10.5. The third-order valence-corrected chi connectivity index (χ3v) is 1.51. The molecule has 1 aromatic carbocycles. The summed E-state index contributed by atoms with van der Waals surface area (Å²) in [7, 11) is 0. The molecule has 0 bridgehead atoms. The molecule has 1 rings (SSSR count). The van der Waals surface area contributed by atoms with E-state index in [9.17, 15) is 12.9 Å². The monoisotopic (exact) mass is 203 g/mol. The van der Waals surface area contributed by atoms with Crippen LogP contribution in [-0.4, -0.2) is 17.2 Å². The first-order valence-electron chi connectivity index (χ1n) is 3.80. The number of phenols is 2. The van der Waals surface area contributed by atoms with Gasteiger partial charge in [0.25, 0.3) is 0 Å². The van der Waals surface area contributed by atoms with Crippen molar-refractivity contribution in [1.29, 1.82) is 0 Å². The van der Waals surface area contributed by atoms with Gasteiger partial charge in [0.05, 0.1) is 0 Å². The average Bonchev–Trinajstić information content (AvgIpc) is 2.05. The Morgan fingerprint density at radius 3 is 2.36 bits per heavy atom. The number of aromatic hydroxyl groups is 2. The number of rotatable bonds is 2. The quantitative estimate of drug-likeness (QED) is 0.572. The first-order chi connectivity index (χ1) is 6.38. The summed E-state index contributed by atoms with van der Waals surface area (Å²) in [6.07, 6.45) is 0.717. The average molecular weight is 203 g/mol. The van der Waals surface area contributed by atoms with Gasteiger partial charge in [-0.2, -0.15) is 0 Å². The maximum absolute atomic E-state index is 11.8. The summed E-state index contributed by atoms with van der Waals surface area (Å²) in [5.41, 5.74) is -0.0656. The Bertz CT molecular complexity index is 360. The van der Waals surface area contributed by atoms with E-state index in [4.69, 9.17) is 10.2 Å². The molecule has 0 aliphatic rings. The van der Waals surface area contributed by atoms with Crippen molar-refractivity contribution in [1.82, 2.24) is 0 Å². The maximum Gasteiger partial charge on any atom is 0.502 e. The highest BCUT2D eigenvalue weighted by atomic mass is 19.4. The van der Waals surface area contributed by atoms with Gasteiger partial charge in [-0.15, -0.1) is 5.98 Å². The van der Waals surface area contributed by atoms with Crippen molar-refractivity contribution in [2.24, 2.45) is 0 Å². The molecule has 0 fully saturated rings. The van der Waals surface area contributed by atoms with E-state index < -0.39 is 6.98 Å². The van der Waals surface area contributed by atoms with Gasteiger partial charge in [0.2, 0.25) is 0 Å². The van der Waals surface area contributed by atoms with Crippen molar-refractivity contribution < 1.29 is 23.2 Å². The van der Waals surface area contributed by atoms with Crippen LogP contribution in [0.5, 0.6) is 11.5 Å². The molecule has 6 heteroatoms. The van der Waals surface area contributed by atoms with Crippen LogP contribution in [0.25, 0.3) is 6.08 Å². The molecule has 0 atom stereocenters. The predicted molar refractivity (Wildman–Crippen MR) is 47.9 cm³/mol. The van der Waals surface area contributed by atoms with E-state index in [0.29, 0.717) is 0 Å². The topological polar surface area (TPSA) is 40.5 Å². The lowest BCUT2D eigenvalue weighted by Crippen LogP contribution is -2.09. The molecule has 1 aromatic rings. The van der Waals surface area contributed by atoms with Gasteiger partial charge in [0.15, 0.2) is 0 Å². The summed E-state index contributed by atoms with van der Waals surface area (Å²) >= 11 is 0. The molecule has 76 valence electrons. The maximum atomic E-state index is 11.8. The predicted octanol–water partition coefficient (Wildman–Crippen LogP) is 2.50. The molecule has 0 aliphatic heterocycles. The summed E-state index contributed by atoms with van der Waals surface area (Å²) in [6, 6.07) is 3.36. The molecule has 0 saturated heterocycles. The van der Waals surface area contributed by atoms with Gasteiger partial charge in [-0.3, -0.25) is 0 Å². The largest absolute Gasteiger partial charge is 0.508 e. The van der Waals surface area contributed by atoms with Crippen molar-refractivity contribution in [3.63, 3.8) is 0 Å². The summed E-state index contributed by atoms with van der Waals surface area (Å²) < 4.78 is 35.4. The van der Waals surface area contributed by atoms with Crippen LogP contribution in [0.4, 0.5) is 12.9 Å². The normalized spacial score (nSPS) is 12.2. The Hall–Kier alpha value is -1.59. The molecule has 0 saturated carbocycles. The minimum atomic E-state index is -5.03. The number of benzene rings is 1. The third-order valence-electron chi connectivity index (χ3n) is 1.51. The minimum absolute atomic E-state index is 0.0501. The summed E-state index contributed by atoms with van der Waals surface area (Å²) in [5.74, 6) is -0.453. The van der Waals surface area contributed by atoms with E-state index in [1.807, 2.05) is 0 Å². The zero-order valence-corrected chi connectivity index (χ0v) is 6.99. The SMILES string of the molecule is Oc1ccc(O)c(/C=C/[B-](F)(F)F)c1. The minimum Gasteiger partial charge on any atom is -0.508 e. The molecular weight excluding hydrogens is 196 g/mol. The second-order valence-electron chi connectivity index (χ2n) is 2.73. The highest BCUT2D eigenvalue weighted by Gasteiger charge is 2.17. The lowest BCUT2D eigenvalue weighted by Gasteiger charge is -2.07. The van der Waals surface area contributed by atoms with Crippen molar-refractivity contribution in [2.45, 2.75) is 0 Å². The Morgan fingerprint density at radius 2 is 1.79 bits per heavy atom. The van der Waals surface area contributed by atoms with E-state index in [0.717, 1.165) is 18.2 Å². The fraction of sp³-hybridized carbons (Fsp3) is 0. The summed E-state index contributed by atoms with van der Waals surface area (Å²) in [4.78, 5) is 0. The number of hydrogen-bond donors (Lipinski definition) is 2. The molecule has 14 heavy (non-hydrogen) atoms. The standard InChI is InChI=1S/C8H7BF3O2/c10-9(11,12)4-3-6-5-7(13)1-2-8(6)14/h1-5,13-14H/q-1/b4-3+. The smallest absolute Gasteiger partial charge is 0.502 e. The van der Waals surface area contributed by atoms with E-state index >= 15 is 0 Å². The van der Waals surface area contributed by atoms with Crippen LogP contribution in [0.2, 0.25) is 0 Å². The van der Waals surface area contributed by atoms with Gasteiger partial charge in [0.1, 0.15) is 11.5 Å². The zero-order chi connectivity index (χ0) is 10.8. The van der Waals surface area contributed by atoms with E-state index in [-0.39, 0.29) is 23.0 Å². The lowest BCUT2D eigenvalue weighted by molar-refractivity contribution is 0.459. The van der Waals surface area contributed by atoms with Crippen molar-refractivity contribution >= 4 is 13.1 Å². The Kier molecular flexibility index (Phi) is 2.74. The third kappa shape index (κ3) is 3.04. The second kappa shape index (κ2) is 3.65. The molecule has 0 heterocycles. The van der Waals surface area contributed by atoms with Gasteiger partial charge >= 0.3 is 6.98 Å². The first-order valence-corrected chi connectivity index (χ1v) is 3.80. The number of halogens is 3. The Labute approximate surface area is 78.4 Å². The van der Waals surface area contributed by atoms with Crippen LogP contribution >= 0.6 is 0 Å². The van der Waals surface area contributed by atoms with Gasteiger partial charge in [-0.1, -0.05) is 6.08 Å². The molecule has 0 aliphatic carbocycles. The molecule has 0 amide bonds. The highest BCUT2D eigenvalue weighted by Crippen LogP contribution is 2.24. The van der Waals surface area contributed by atoms with Crippen molar-refractivity contribution in [3.05, 3.63) is 29.7 Å². The van der Waals surface area contributed by atoms with Crippen LogP contribution in [0.1, 0.15) is 5.56 Å². The van der Waals surface area contributed by atoms with Crippen LogP contribution in [0.3, 0.4) is 0 Å².